The van der Waals surface area contributed by atoms with Gasteiger partial charge in [0.2, 0.25) is 0 Å². The zero-order chi connectivity index (χ0) is 19.5. The lowest BCUT2D eigenvalue weighted by atomic mass is 10.1. The molecule has 1 aromatic heterocycles. The van der Waals surface area contributed by atoms with Crippen LogP contribution in [0.15, 0.2) is 66.7 Å². The van der Waals surface area contributed by atoms with Crippen molar-refractivity contribution >= 4 is 39.3 Å². The van der Waals surface area contributed by atoms with Gasteiger partial charge in [0, 0.05) is 23.5 Å². The molecule has 0 aliphatic rings. The third-order valence-corrected chi connectivity index (χ3v) is 4.63. The lowest BCUT2D eigenvalue weighted by Crippen LogP contribution is -2.18. The highest BCUT2D eigenvalue weighted by Crippen LogP contribution is 2.33. The Kier molecular flexibility index (Phi) is 4.81. The van der Waals surface area contributed by atoms with Crippen LogP contribution in [0.3, 0.4) is 0 Å². The maximum absolute atomic E-state index is 11.2. The monoisotopic (exact) mass is 371 g/mol. The summed E-state index contributed by atoms with van der Waals surface area (Å²) in [4.78, 5) is 16.0. The first-order valence-electron chi connectivity index (χ1n) is 9.13. The first kappa shape index (κ1) is 17.8. The minimum absolute atomic E-state index is 0.236. The number of benzene rings is 3. The summed E-state index contributed by atoms with van der Waals surface area (Å²) in [5.74, 6) is 0. The number of hydrogen-bond acceptors (Lipinski definition) is 4. The highest BCUT2D eigenvalue weighted by molar-refractivity contribution is 6.08. The molecule has 0 saturated carbocycles. The molecule has 5 heteroatoms. The van der Waals surface area contributed by atoms with E-state index in [-0.39, 0.29) is 6.61 Å². The number of rotatable bonds is 4. The molecule has 28 heavy (non-hydrogen) atoms. The van der Waals surface area contributed by atoms with E-state index >= 15 is 0 Å². The summed E-state index contributed by atoms with van der Waals surface area (Å²) in [6, 6.07) is 22.3. The quantitative estimate of drug-likeness (QED) is 0.478. The number of pyridine rings is 1. The third-order valence-electron chi connectivity index (χ3n) is 4.63. The largest absolute Gasteiger partial charge is 0.445 e. The Morgan fingerprint density at radius 2 is 1.71 bits per heavy atom. The molecule has 0 aliphatic heterocycles. The van der Waals surface area contributed by atoms with Crippen molar-refractivity contribution in [3.8, 4) is 0 Å². The zero-order valence-corrected chi connectivity index (χ0v) is 15.8. The van der Waals surface area contributed by atoms with E-state index in [0.717, 1.165) is 38.7 Å². The van der Waals surface area contributed by atoms with Gasteiger partial charge in [-0.2, -0.15) is 0 Å². The van der Waals surface area contributed by atoms with Crippen molar-refractivity contribution in [3.05, 3.63) is 77.9 Å². The van der Waals surface area contributed by atoms with E-state index in [1.807, 2.05) is 42.5 Å². The predicted molar refractivity (Wildman–Crippen MR) is 113 cm³/mol. The summed E-state index contributed by atoms with van der Waals surface area (Å²) < 4.78 is 5.09. The summed E-state index contributed by atoms with van der Waals surface area (Å²) in [5, 5.41) is 8.16. The number of carbonyl (C=O) groups is 1. The molecule has 0 aliphatic carbocycles. The molecular formula is C23H21N3O2. The normalized spacial score (nSPS) is 10.8. The molecule has 5 nitrogen and oxygen atoms in total. The Morgan fingerprint density at radius 3 is 2.50 bits per heavy atom. The molecule has 0 bridgehead atoms. The minimum Gasteiger partial charge on any atom is -0.445 e. The molecular weight excluding hydrogens is 350 g/mol. The van der Waals surface area contributed by atoms with Crippen LogP contribution in [-0.4, -0.2) is 18.1 Å². The van der Waals surface area contributed by atoms with Gasteiger partial charge in [0.25, 0.3) is 0 Å². The van der Waals surface area contributed by atoms with Crippen molar-refractivity contribution in [1.29, 1.82) is 0 Å². The Bertz CT molecular complexity index is 1150. The maximum Gasteiger partial charge on any atom is 0.407 e. The van der Waals surface area contributed by atoms with Gasteiger partial charge in [-0.3, -0.25) is 0 Å². The number of alkyl carbamates (subject to hydrolysis) is 1. The van der Waals surface area contributed by atoms with Crippen LogP contribution in [0.1, 0.15) is 11.1 Å². The Balaban J connectivity index is 1.70. The SMILES string of the molecule is CNC(=O)OCc1ccc(Nc2c3ccccc3nc3ccc(C)cc23)cc1. The van der Waals surface area contributed by atoms with E-state index in [9.17, 15) is 4.79 Å². The molecule has 0 spiro atoms. The summed E-state index contributed by atoms with van der Waals surface area (Å²) >= 11 is 0. The molecule has 0 fully saturated rings. The van der Waals surface area contributed by atoms with Crippen molar-refractivity contribution in [2.75, 3.05) is 12.4 Å². The highest BCUT2D eigenvalue weighted by Gasteiger charge is 2.10. The van der Waals surface area contributed by atoms with Crippen LogP contribution in [0.5, 0.6) is 0 Å². The van der Waals surface area contributed by atoms with Gasteiger partial charge >= 0.3 is 6.09 Å². The maximum atomic E-state index is 11.2. The van der Waals surface area contributed by atoms with Gasteiger partial charge in [0.1, 0.15) is 6.61 Å². The minimum atomic E-state index is -0.438. The number of hydrogen-bond donors (Lipinski definition) is 2. The van der Waals surface area contributed by atoms with Gasteiger partial charge in [-0.15, -0.1) is 0 Å². The van der Waals surface area contributed by atoms with Crippen molar-refractivity contribution < 1.29 is 9.53 Å². The van der Waals surface area contributed by atoms with Crippen LogP contribution in [0, 0.1) is 6.92 Å². The summed E-state index contributed by atoms with van der Waals surface area (Å²) in [5.41, 5.74) is 6.03. The van der Waals surface area contributed by atoms with Crippen LogP contribution < -0.4 is 10.6 Å². The molecule has 0 atom stereocenters. The van der Waals surface area contributed by atoms with E-state index < -0.39 is 6.09 Å². The lowest BCUT2D eigenvalue weighted by molar-refractivity contribution is 0.142. The Hall–Kier alpha value is -3.60. The van der Waals surface area contributed by atoms with Crippen LogP contribution in [0.2, 0.25) is 0 Å². The van der Waals surface area contributed by atoms with Gasteiger partial charge in [-0.25, -0.2) is 9.78 Å². The van der Waals surface area contributed by atoms with Crippen LogP contribution >= 0.6 is 0 Å². The number of ether oxygens (including phenoxy) is 1. The van der Waals surface area contributed by atoms with Crippen LogP contribution in [0.4, 0.5) is 16.2 Å². The average molecular weight is 371 g/mol. The Labute approximate surface area is 163 Å². The fourth-order valence-electron chi connectivity index (χ4n) is 3.19. The van der Waals surface area contributed by atoms with Gasteiger partial charge < -0.3 is 15.4 Å². The van der Waals surface area contributed by atoms with Crippen molar-refractivity contribution in [3.63, 3.8) is 0 Å². The van der Waals surface area contributed by atoms with Crippen molar-refractivity contribution in [2.24, 2.45) is 0 Å². The van der Waals surface area contributed by atoms with Crippen LogP contribution in [-0.2, 0) is 11.3 Å². The van der Waals surface area contributed by atoms with E-state index in [2.05, 4.69) is 41.8 Å². The fraction of sp³-hybridized carbons (Fsp3) is 0.130. The predicted octanol–water partition coefficient (Wildman–Crippen LogP) is 5.30. The van der Waals surface area contributed by atoms with E-state index in [1.165, 1.54) is 5.56 Å². The van der Waals surface area contributed by atoms with Crippen LogP contribution in [0.25, 0.3) is 21.8 Å². The fourth-order valence-corrected chi connectivity index (χ4v) is 3.19. The number of aromatic nitrogens is 1. The summed E-state index contributed by atoms with van der Waals surface area (Å²) in [7, 11) is 1.54. The number of amides is 1. The van der Waals surface area contributed by atoms with Crippen molar-refractivity contribution in [1.82, 2.24) is 10.3 Å². The second-order valence-electron chi connectivity index (χ2n) is 6.67. The first-order valence-corrected chi connectivity index (χ1v) is 9.13. The molecule has 1 amide bonds. The molecule has 2 N–H and O–H groups in total. The summed E-state index contributed by atoms with van der Waals surface area (Å²) in [6.07, 6.45) is -0.438. The van der Waals surface area contributed by atoms with E-state index in [0.29, 0.717) is 0 Å². The molecule has 1 heterocycles. The number of para-hydroxylation sites is 1. The molecule has 0 unspecified atom stereocenters. The molecule has 140 valence electrons. The van der Waals surface area contributed by atoms with E-state index in [4.69, 9.17) is 9.72 Å². The standard InChI is InChI=1S/C23H21N3O2/c1-15-7-12-21-19(13-15)22(18-5-3-4-6-20(18)26-21)25-17-10-8-16(9-11-17)14-28-23(27)24-2/h3-13H,14H2,1-2H3,(H,24,27)(H,25,26). The number of carbonyl (C=O) groups excluding carboxylic acids is 1. The molecule has 0 radical (unpaired) electrons. The Morgan fingerprint density at radius 1 is 0.964 bits per heavy atom. The van der Waals surface area contributed by atoms with Gasteiger partial charge in [0.05, 0.1) is 16.7 Å². The first-order chi connectivity index (χ1) is 13.6. The van der Waals surface area contributed by atoms with Gasteiger partial charge in [0.15, 0.2) is 0 Å². The second-order valence-corrected chi connectivity index (χ2v) is 6.67. The lowest BCUT2D eigenvalue weighted by Gasteiger charge is -2.14. The second kappa shape index (κ2) is 7.56. The van der Waals surface area contributed by atoms with Gasteiger partial charge in [-0.1, -0.05) is 42.0 Å². The number of aryl methyl sites for hydroxylation is 1. The summed E-state index contributed by atoms with van der Waals surface area (Å²) in [6.45, 7) is 2.32. The zero-order valence-electron chi connectivity index (χ0n) is 15.8. The third kappa shape index (κ3) is 3.60. The highest BCUT2D eigenvalue weighted by atomic mass is 16.5. The number of nitrogens with one attached hydrogen (secondary N) is 2. The smallest absolute Gasteiger partial charge is 0.407 e. The molecule has 4 rings (SSSR count). The number of anilines is 2. The topological polar surface area (TPSA) is 63.2 Å². The molecule has 0 saturated heterocycles. The molecule has 4 aromatic rings. The van der Waals surface area contributed by atoms with Gasteiger partial charge in [-0.05, 0) is 42.8 Å². The van der Waals surface area contributed by atoms with Crippen molar-refractivity contribution in [2.45, 2.75) is 13.5 Å². The number of nitrogens with zero attached hydrogens (tertiary/aromatic N) is 1. The number of fused-ring (bicyclic) bond motifs is 2. The molecule has 3 aromatic carbocycles. The average Bonchev–Trinajstić information content (AvgIpc) is 2.73. The van der Waals surface area contributed by atoms with E-state index in [1.54, 1.807) is 7.05 Å².